The van der Waals surface area contributed by atoms with Gasteiger partial charge in [-0.2, -0.15) is 4.72 Å². The zero-order valence-corrected chi connectivity index (χ0v) is 15.8. The number of amides is 1. The molecule has 2 rings (SSSR count). The van der Waals surface area contributed by atoms with Crippen molar-refractivity contribution in [3.8, 4) is 0 Å². The van der Waals surface area contributed by atoms with Crippen LogP contribution in [0, 0.1) is 0 Å². The molecule has 2 aromatic carbocycles. The van der Waals surface area contributed by atoms with Crippen molar-refractivity contribution in [2.75, 3.05) is 7.05 Å². The van der Waals surface area contributed by atoms with Gasteiger partial charge >= 0.3 is 0 Å². The molecule has 0 spiro atoms. The highest BCUT2D eigenvalue weighted by Crippen LogP contribution is 2.15. The minimum absolute atomic E-state index is 0.121. The molecule has 0 aromatic heterocycles. The highest BCUT2D eigenvalue weighted by atomic mass is 79.9. The molecule has 0 heterocycles. The minimum atomic E-state index is -3.75. The first kappa shape index (κ1) is 18.6. The fraction of sp³-hybridized carbons (Fsp3) is 0.235. The van der Waals surface area contributed by atoms with E-state index in [4.69, 9.17) is 0 Å². The molecule has 0 aliphatic heterocycles. The fourth-order valence-electron chi connectivity index (χ4n) is 2.23. The van der Waals surface area contributed by atoms with Gasteiger partial charge in [0.05, 0.1) is 10.9 Å². The lowest BCUT2D eigenvalue weighted by molar-refractivity contribution is -0.131. The molecule has 0 aliphatic rings. The Labute approximate surface area is 150 Å². The van der Waals surface area contributed by atoms with Crippen molar-refractivity contribution in [2.45, 2.75) is 24.4 Å². The Morgan fingerprint density at radius 2 is 1.71 bits per heavy atom. The quantitative estimate of drug-likeness (QED) is 0.795. The van der Waals surface area contributed by atoms with Crippen molar-refractivity contribution in [1.29, 1.82) is 0 Å². The molecule has 0 bridgehead atoms. The Morgan fingerprint density at radius 3 is 2.29 bits per heavy atom. The summed E-state index contributed by atoms with van der Waals surface area (Å²) in [6.45, 7) is 1.96. The number of hydrogen-bond acceptors (Lipinski definition) is 3. The average Bonchev–Trinajstić information content (AvgIpc) is 2.55. The molecule has 0 saturated heterocycles. The fourth-order valence-corrected chi connectivity index (χ4v) is 3.69. The van der Waals surface area contributed by atoms with Crippen LogP contribution >= 0.6 is 15.9 Å². The van der Waals surface area contributed by atoms with Gasteiger partial charge in [0.15, 0.2) is 0 Å². The second kappa shape index (κ2) is 7.92. The van der Waals surface area contributed by atoms with Crippen LogP contribution in [0.1, 0.15) is 12.5 Å². The molecule has 2 aromatic rings. The van der Waals surface area contributed by atoms with Crippen molar-refractivity contribution in [3.63, 3.8) is 0 Å². The molecular weight excluding hydrogens is 392 g/mol. The summed E-state index contributed by atoms with van der Waals surface area (Å²) in [6.07, 6.45) is 0. The van der Waals surface area contributed by atoms with Crippen LogP contribution in [0.15, 0.2) is 64.0 Å². The number of nitrogens with one attached hydrogen (secondary N) is 1. The van der Waals surface area contributed by atoms with E-state index in [2.05, 4.69) is 20.7 Å². The van der Waals surface area contributed by atoms with Crippen molar-refractivity contribution >= 4 is 31.9 Å². The lowest BCUT2D eigenvalue weighted by Gasteiger charge is -2.22. The second-order valence-corrected chi connectivity index (χ2v) is 8.11. The predicted molar refractivity (Wildman–Crippen MR) is 96.8 cm³/mol. The van der Waals surface area contributed by atoms with Crippen molar-refractivity contribution in [2.24, 2.45) is 0 Å². The zero-order chi connectivity index (χ0) is 17.7. The van der Waals surface area contributed by atoms with Gasteiger partial charge in [-0.3, -0.25) is 4.79 Å². The van der Waals surface area contributed by atoms with Crippen LogP contribution in [-0.2, 0) is 21.4 Å². The molecule has 7 heteroatoms. The Morgan fingerprint density at radius 1 is 1.12 bits per heavy atom. The number of rotatable bonds is 6. The summed E-state index contributed by atoms with van der Waals surface area (Å²) >= 11 is 3.26. The van der Waals surface area contributed by atoms with Gasteiger partial charge in [-0.05, 0) is 36.8 Å². The summed E-state index contributed by atoms with van der Waals surface area (Å²) in [7, 11) is -2.09. The summed E-state index contributed by atoms with van der Waals surface area (Å²) in [5.41, 5.74) is 0.983. The third-order valence-electron chi connectivity index (χ3n) is 3.47. The lowest BCUT2D eigenvalue weighted by Crippen LogP contribution is -2.45. The van der Waals surface area contributed by atoms with E-state index in [1.54, 1.807) is 26.1 Å². The van der Waals surface area contributed by atoms with E-state index in [-0.39, 0.29) is 10.8 Å². The molecule has 1 amide bonds. The van der Waals surface area contributed by atoms with E-state index < -0.39 is 16.1 Å². The second-order valence-electron chi connectivity index (χ2n) is 5.48. The summed E-state index contributed by atoms with van der Waals surface area (Å²) in [5.74, 6) is -0.292. The van der Waals surface area contributed by atoms with Gasteiger partial charge < -0.3 is 4.90 Å². The average molecular weight is 411 g/mol. The van der Waals surface area contributed by atoms with Crippen molar-refractivity contribution in [1.82, 2.24) is 9.62 Å². The molecule has 128 valence electrons. The third-order valence-corrected chi connectivity index (χ3v) is 5.55. The summed E-state index contributed by atoms with van der Waals surface area (Å²) in [4.78, 5) is 14.0. The zero-order valence-electron chi connectivity index (χ0n) is 13.4. The maximum Gasteiger partial charge on any atom is 0.241 e. The predicted octanol–water partition coefficient (Wildman–Crippen LogP) is 2.77. The molecule has 0 aliphatic carbocycles. The third kappa shape index (κ3) is 4.90. The first-order chi connectivity index (χ1) is 11.3. The molecule has 1 N–H and O–H groups in total. The van der Waals surface area contributed by atoms with Crippen LogP contribution < -0.4 is 4.72 Å². The Kier molecular flexibility index (Phi) is 6.15. The van der Waals surface area contributed by atoms with E-state index in [9.17, 15) is 13.2 Å². The van der Waals surface area contributed by atoms with Gasteiger partial charge in [-0.15, -0.1) is 0 Å². The number of carbonyl (C=O) groups excluding carboxylic acids is 1. The monoisotopic (exact) mass is 410 g/mol. The van der Waals surface area contributed by atoms with Crippen molar-refractivity contribution < 1.29 is 13.2 Å². The van der Waals surface area contributed by atoms with E-state index in [1.807, 2.05) is 30.3 Å². The number of carbonyl (C=O) groups is 1. The highest BCUT2D eigenvalue weighted by molar-refractivity contribution is 9.10. The number of halogens is 1. The summed E-state index contributed by atoms with van der Waals surface area (Å²) < 4.78 is 27.9. The molecule has 0 fully saturated rings. The first-order valence-electron chi connectivity index (χ1n) is 7.36. The molecule has 24 heavy (non-hydrogen) atoms. The van der Waals surface area contributed by atoms with Crippen LogP contribution in [0.25, 0.3) is 0 Å². The maximum atomic E-state index is 12.4. The molecular formula is C17H19BrN2O3S. The number of likely N-dealkylation sites (N-methyl/N-ethyl adjacent to an activating group) is 1. The lowest BCUT2D eigenvalue weighted by atomic mass is 10.2. The Balaban J connectivity index is 2.03. The maximum absolute atomic E-state index is 12.4. The SMILES string of the molecule is C[C@H](NS(=O)(=O)c1ccc(Br)cc1)C(=O)N(C)Cc1ccccc1. The molecule has 0 radical (unpaired) electrons. The van der Waals surface area contributed by atoms with E-state index in [0.29, 0.717) is 6.54 Å². The van der Waals surface area contributed by atoms with Gasteiger partial charge in [0.2, 0.25) is 15.9 Å². The standard InChI is InChI=1S/C17H19BrN2O3S/c1-13(17(21)20(2)12-14-6-4-3-5-7-14)19-24(22,23)16-10-8-15(18)9-11-16/h3-11,13,19H,12H2,1-2H3/t13-/m0/s1. The summed E-state index contributed by atoms with van der Waals surface area (Å²) in [6, 6.07) is 14.9. The van der Waals surface area contributed by atoms with Crippen LogP contribution in [0.3, 0.4) is 0 Å². The largest absolute Gasteiger partial charge is 0.340 e. The highest BCUT2D eigenvalue weighted by Gasteiger charge is 2.24. The van der Waals surface area contributed by atoms with Crippen LogP contribution in [0.4, 0.5) is 0 Å². The van der Waals surface area contributed by atoms with Gasteiger partial charge in [0.25, 0.3) is 0 Å². The van der Waals surface area contributed by atoms with Gasteiger partial charge in [-0.25, -0.2) is 8.42 Å². The minimum Gasteiger partial charge on any atom is -0.340 e. The normalized spacial score (nSPS) is 12.6. The molecule has 0 saturated carbocycles. The van der Waals surface area contributed by atoms with Gasteiger partial charge in [0, 0.05) is 18.1 Å². The van der Waals surface area contributed by atoms with Gasteiger partial charge in [-0.1, -0.05) is 46.3 Å². The molecule has 5 nitrogen and oxygen atoms in total. The number of sulfonamides is 1. The topological polar surface area (TPSA) is 66.5 Å². The summed E-state index contributed by atoms with van der Waals surface area (Å²) in [5, 5.41) is 0. The van der Waals surface area contributed by atoms with Crippen molar-refractivity contribution in [3.05, 3.63) is 64.6 Å². The van der Waals surface area contributed by atoms with E-state index in [0.717, 1.165) is 10.0 Å². The van der Waals surface area contributed by atoms with E-state index in [1.165, 1.54) is 17.0 Å². The van der Waals surface area contributed by atoms with E-state index >= 15 is 0 Å². The smallest absolute Gasteiger partial charge is 0.241 e. The molecule has 1 atom stereocenters. The number of benzene rings is 2. The number of nitrogens with zero attached hydrogens (tertiary/aromatic N) is 1. The first-order valence-corrected chi connectivity index (χ1v) is 9.64. The molecule has 0 unspecified atom stereocenters. The Hall–Kier alpha value is -1.70. The Bertz CT molecular complexity index is 792. The van der Waals surface area contributed by atoms with Crippen LogP contribution in [0.2, 0.25) is 0 Å². The van der Waals surface area contributed by atoms with Gasteiger partial charge in [0.1, 0.15) is 0 Å². The number of hydrogen-bond donors (Lipinski definition) is 1. The van der Waals surface area contributed by atoms with Crippen LogP contribution in [-0.4, -0.2) is 32.3 Å². The van der Waals surface area contributed by atoms with Crippen LogP contribution in [0.5, 0.6) is 0 Å².